The summed E-state index contributed by atoms with van der Waals surface area (Å²) in [5.41, 5.74) is -2.92. The summed E-state index contributed by atoms with van der Waals surface area (Å²) < 4.78 is 83.1. The molecular weight excluding hydrogens is 450 g/mol. The fraction of sp³-hybridized carbons (Fsp3) is 0.583. The van der Waals surface area contributed by atoms with Crippen molar-refractivity contribution in [3.63, 3.8) is 0 Å². The van der Waals surface area contributed by atoms with E-state index >= 15 is 0 Å². The van der Waals surface area contributed by atoms with Crippen molar-refractivity contribution < 1.29 is 40.7 Å². The maximum absolute atomic E-state index is 13.0. The Hall–Kier alpha value is -2.32. The maximum atomic E-state index is 13.0. The fourth-order valence-corrected chi connectivity index (χ4v) is 4.07. The molecule has 2 atom stereocenters. The molecule has 0 bridgehead atoms. The van der Waals surface area contributed by atoms with Gasteiger partial charge in [0.1, 0.15) is 5.78 Å². The SMILES string of the molecule is CCOC(=O)CCCCCCC1C(=O)CCC1C=Cc1cc(C(F)(F)F)cc(C(F)(F)F)c1. The smallest absolute Gasteiger partial charge is 0.416 e. The van der Waals surface area contributed by atoms with Crippen molar-refractivity contribution in [3.8, 4) is 0 Å². The molecule has 0 spiro atoms. The molecule has 0 aromatic heterocycles. The van der Waals surface area contributed by atoms with Crippen LogP contribution in [-0.4, -0.2) is 18.4 Å². The molecule has 1 aliphatic carbocycles. The monoisotopic (exact) mass is 478 g/mol. The number of carbonyl (C=O) groups excluding carboxylic acids is 2. The van der Waals surface area contributed by atoms with Crippen LogP contribution >= 0.6 is 0 Å². The van der Waals surface area contributed by atoms with E-state index in [1.165, 1.54) is 6.08 Å². The van der Waals surface area contributed by atoms with Gasteiger partial charge in [0.2, 0.25) is 0 Å². The summed E-state index contributed by atoms with van der Waals surface area (Å²) in [5, 5.41) is 0. The number of rotatable bonds is 10. The average Bonchev–Trinajstić information content (AvgIpc) is 3.07. The Morgan fingerprint density at radius 1 is 1.00 bits per heavy atom. The molecule has 1 aromatic carbocycles. The molecule has 0 radical (unpaired) electrons. The summed E-state index contributed by atoms with van der Waals surface area (Å²) in [5.74, 6) is -0.687. The van der Waals surface area contributed by atoms with Crippen LogP contribution in [0.25, 0.3) is 6.08 Å². The molecule has 3 nitrogen and oxygen atoms in total. The molecule has 1 fully saturated rings. The van der Waals surface area contributed by atoms with Crippen LogP contribution in [0, 0.1) is 11.8 Å². The van der Waals surface area contributed by atoms with Crippen molar-refractivity contribution >= 4 is 17.8 Å². The lowest BCUT2D eigenvalue weighted by Crippen LogP contribution is -2.13. The first-order valence-corrected chi connectivity index (χ1v) is 11.1. The van der Waals surface area contributed by atoms with Crippen LogP contribution in [0.15, 0.2) is 24.3 Å². The van der Waals surface area contributed by atoms with E-state index in [0.717, 1.165) is 19.3 Å². The molecule has 1 saturated carbocycles. The summed E-state index contributed by atoms with van der Waals surface area (Å²) in [6, 6.07) is 1.46. The van der Waals surface area contributed by atoms with E-state index in [0.29, 0.717) is 50.8 Å². The predicted molar refractivity (Wildman–Crippen MR) is 111 cm³/mol. The van der Waals surface area contributed by atoms with E-state index in [1.54, 1.807) is 13.0 Å². The van der Waals surface area contributed by atoms with Crippen LogP contribution in [-0.2, 0) is 26.7 Å². The van der Waals surface area contributed by atoms with E-state index in [1.807, 2.05) is 0 Å². The number of esters is 1. The quantitative estimate of drug-likeness (QED) is 0.202. The lowest BCUT2D eigenvalue weighted by atomic mass is 9.89. The van der Waals surface area contributed by atoms with Crippen LogP contribution in [0.5, 0.6) is 0 Å². The highest BCUT2D eigenvalue weighted by Gasteiger charge is 2.37. The number of Topliss-reactive ketones (excluding diaryl/α,β-unsaturated/α-hetero) is 1. The number of benzene rings is 1. The van der Waals surface area contributed by atoms with Crippen molar-refractivity contribution in [3.05, 3.63) is 41.0 Å². The second-order valence-corrected chi connectivity index (χ2v) is 8.23. The summed E-state index contributed by atoms with van der Waals surface area (Å²) in [6.45, 7) is 2.08. The summed E-state index contributed by atoms with van der Waals surface area (Å²) in [7, 11) is 0. The molecular formula is C24H28F6O3. The molecule has 2 rings (SSSR count). The first-order chi connectivity index (χ1) is 15.4. The standard InChI is InChI=1S/C24H28F6O3/c1-2-33-22(32)8-6-4-3-5-7-20-17(11-12-21(20)31)10-9-16-13-18(23(25,26)27)15-19(14-16)24(28,29)30/h9-10,13-15,17,20H,2-8,11-12H2,1H3. The van der Waals surface area contributed by atoms with Gasteiger partial charge in [-0.05, 0) is 55.9 Å². The van der Waals surface area contributed by atoms with Gasteiger partial charge in [-0.1, -0.05) is 31.4 Å². The van der Waals surface area contributed by atoms with Crippen molar-refractivity contribution in [2.45, 2.75) is 70.6 Å². The number of alkyl halides is 6. The highest BCUT2D eigenvalue weighted by molar-refractivity contribution is 5.84. The molecule has 9 heteroatoms. The van der Waals surface area contributed by atoms with Crippen LogP contribution in [0.3, 0.4) is 0 Å². The van der Waals surface area contributed by atoms with Gasteiger partial charge in [0.15, 0.2) is 0 Å². The van der Waals surface area contributed by atoms with Crippen LogP contribution in [0.4, 0.5) is 26.3 Å². The van der Waals surface area contributed by atoms with Crippen molar-refractivity contribution in [1.29, 1.82) is 0 Å². The minimum Gasteiger partial charge on any atom is -0.466 e. The molecule has 2 unspecified atom stereocenters. The molecule has 1 aliphatic rings. The van der Waals surface area contributed by atoms with E-state index in [2.05, 4.69) is 0 Å². The minimum absolute atomic E-state index is 0.0659. The zero-order valence-corrected chi connectivity index (χ0v) is 18.4. The molecule has 0 N–H and O–H groups in total. The van der Waals surface area contributed by atoms with Gasteiger partial charge >= 0.3 is 18.3 Å². The fourth-order valence-electron chi connectivity index (χ4n) is 4.07. The number of ether oxygens (including phenoxy) is 1. The normalized spacial score (nSPS) is 19.4. The van der Waals surface area contributed by atoms with E-state index in [4.69, 9.17) is 4.74 Å². The Bertz CT molecular complexity index is 809. The molecule has 0 heterocycles. The van der Waals surface area contributed by atoms with Gasteiger partial charge in [-0.2, -0.15) is 26.3 Å². The van der Waals surface area contributed by atoms with E-state index in [9.17, 15) is 35.9 Å². The zero-order valence-electron chi connectivity index (χ0n) is 18.4. The third-order valence-electron chi connectivity index (χ3n) is 5.75. The van der Waals surface area contributed by atoms with Gasteiger partial charge < -0.3 is 4.74 Å². The number of hydrogen-bond donors (Lipinski definition) is 0. The van der Waals surface area contributed by atoms with Crippen molar-refractivity contribution in [2.75, 3.05) is 6.61 Å². The molecule has 0 amide bonds. The number of ketones is 1. The van der Waals surface area contributed by atoms with Gasteiger partial charge in [0.25, 0.3) is 0 Å². The van der Waals surface area contributed by atoms with Gasteiger partial charge in [0, 0.05) is 18.8 Å². The highest BCUT2D eigenvalue weighted by atomic mass is 19.4. The molecule has 1 aromatic rings. The number of unbranched alkanes of at least 4 members (excludes halogenated alkanes) is 3. The Labute approximate surface area is 189 Å². The molecule has 33 heavy (non-hydrogen) atoms. The average molecular weight is 478 g/mol. The van der Waals surface area contributed by atoms with Gasteiger partial charge in [-0.3, -0.25) is 9.59 Å². The first kappa shape index (κ1) is 26.9. The summed E-state index contributed by atoms with van der Waals surface area (Å²) >= 11 is 0. The second-order valence-electron chi connectivity index (χ2n) is 8.23. The number of hydrogen-bond acceptors (Lipinski definition) is 3. The lowest BCUT2D eigenvalue weighted by molar-refractivity contribution is -0.144. The zero-order chi connectivity index (χ0) is 24.6. The largest absolute Gasteiger partial charge is 0.466 e. The maximum Gasteiger partial charge on any atom is 0.416 e. The molecule has 0 aliphatic heterocycles. The van der Waals surface area contributed by atoms with E-state index in [-0.39, 0.29) is 35.2 Å². The first-order valence-electron chi connectivity index (χ1n) is 11.1. The third-order valence-corrected chi connectivity index (χ3v) is 5.75. The van der Waals surface area contributed by atoms with Gasteiger partial charge in [0.05, 0.1) is 17.7 Å². The van der Waals surface area contributed by atoms with Gasteiger partial charge in [-0.15, -0.1) is 0 Å². The Morgan fingerprint density at radius 2 is 1.61 bits per heavy atom. The highest BCUT2D eigenvalue weighted by Crippen LogP contribution is 2.38. The summed E-state index contributed by atoms with van der Waals surface area (Å²) in [4.78, 5) is 23.6. The van der Waals surface area contributed by atoms with Crippen LogP contribution < -0.4 is 0 Å². The Kier molecular flexibility index (Phi) is 9.55. The number of carbonyl (C=O) groups is 2. The second kappa shape index (κ2) is 11.7. The predicted octanol–water partition coefficient (Wildman–Crippen LogP) is 7.24. The third kappa shape index (κ3) is 8.51. The Morgan fingerprint density at radius 3 is 2.18 bits per heavy atom. The molecule has 184 valence electrons. The molecule has 0 saturated heterocycles. The Balaban J connectivity index is 1.99. The lowest BCUT2D eigenvalue weighted by Gasteiger charge is -2.16. The van der Waals surface area contributed by atoms with E-state index < -0.39 is 23.5 Å². The van der Waals surface area contributed by atoms with Gasteiger partial charge in [-0.25, -0.2) is 0 Å². The number of halogens is 6. The minimum atomic E-state index is -4.90. The van der Waals surface area contributed by atoms with Crippen LogP contribution in [0.2, 0.25) is 0 Å². The van der Waals surface area contributed by atoms with Crippen LogP contribution in [0.1, 0.15) is 75.0 Å². The topological polar surface area (TPSA) is 43.4 Å². The number of allylic oxidation sites excluding steroid dienone is 1. The van der Waals surface area contributed by atoms with Crippen molar-refractivity contribution in [1.82, 2.24) is 0 Å². The summed E-state index contributed by atoms with van der Waals surface area (Å²) in [6.07, 6.45) is -2.09. The van der Waals surface area contributed by atoms with Crippen molar-refractivity contribution in [2.24, 2.45) is 11.8 Å².